The van der Waals surface area contributed by atoms with Crippen molar-refractivity contribution in [2.75, 3.05) is 33.2 Å². The maximum absolute atomic E-state index is 3.43. The third-order valence-corrected chi connectivity index (χ3v) is 3.64. The molecule has 17 heavy (non-hydrogen) atoms. The van der Waals surface area contributed by atoms with E-state index in [9.17, 15) is 0 Å². The molecule has 2 nitrogen and oxygen atoms in total. The number of hydrogen-bond acceptors (Lipinski definition) is 2. The molecular formula is C15H24N2. The summed E-state index contributed by atoms with van der Waals surface area (Å²) in [5, 5.41) is 3.43. The lowest BCUT2D eigenvalue weighted by Crippen LogP contribution is -2.28. The fourth-order valence-electron chi connectivity index (χ4n) is 2.48. The van der Waals surface area contributed by atoms with E-state index in [1.54, 1.807) is 0 Å². The SMILES string of the molecule is Cc1ccc(CCN(C)CC2CCNC2)cc1. The first kappa shape index (κ1) is 12.6. The highest BCUT2D eigenvalue weighted by Crippen LogP contribution is 2.10. The molecule has 0 aromatic heterocycles. The summed E-state index contributed by atoms with van der Waals surface area (Å²) in [4.78, 5) is 2.47. The first-order chi connectivity index (χ1) is 8.24. The molecular weight excluding hydrogens is 208 g/mol. The van der Waals surface area contributed by atoms with E-state index < -0.39 is 0 Å². The lowest BCUT2D eigenvalue weighted by atomic mass is 10.1. The fraction of sp³-hybridized carbons (Fsp3) is 0.600. The Morgan fingerprint density at radius 1 is 1.29 bits per heavy atom. The molecule has 0 saturated carbocycles. The molecule has 0 spiro atoms. The number of nitrogens with zero attached hydrogens (tertiary/aromatic N) is 1. The average Bonchev–Trinajstić information content (AvgIpc) is 2.81. The predicted octanol–water partition coefficient (Wildman–Crippen LogP) is 2.08. The van der Waals surface area contributed by atoms with Crippen LogP contribution in [0, 0.1) is 12.8 Å². The number of benzene rings is 1. The third kappa shape index (κ3) is 4.14. The fourth-order valence-corrected chi connectivity index (χ4v) is 2.48. The van der Waals surface area contributed by atoms with E-state index >= 15 is 0 Å². The Bertz CT molecular complexity index is 325. The highest BCUT2D eigenvalue weighted by atomic mass is 15.1. The molecule has 1 heterocycles. The van der Waals surface area contributed by atoms with E-state index in [0.717, 1.165) is 12.3 Å². The second-order valence-electron chi connectivity index (χ2n) is 5.36. The van der Waals surface area contributed by atoms with E-state index in [4.69, 9.17) is 0 Å². The van der Waals surface area contributed by atoms with Crippen molar-refractivity contribution >= 4 is 0 Å². The van der Waals surface area contributed by atoms with Gasteiger partial charge in [0.25, 0.3) is 0 Å². The van der Waals surface area contributed by atoms with E-state index in [2.05, 4.69) is 48.5 Å². The molecule has 1 fully saturated rings. The van der Waals surface area contributed by atoms with Gasteiger partial charge in [0, 0.05) is 13.1 Å². The van der Waals surface area contributed by atoms with Crippen LogP contribution in [0.5, 0.6) is 0 Å². The maximum atomic E-state index is 3.43. The zero-order valence-electron chi connectivity index (χ0n) is 11.1. The third-order valence-electron chi connectivity index (χ3n) is 3.64. The van der Waals surface area contributed by atoms with Crippen LogP contribution < -0.4 is 5.32 Å². The summed E-state index contributed by atoms with van der Waals surface area (Å²) in [5.41, 5.74) is 2.80. The summed E-state index contributed by atoms with van der Waals surface area (Å²) in [7, 11) is 2.24. The average molecular weight is 232 g/mol. The van der Waals surface area contributed by atoms with Crippen LogP contribution in [0.1, 0.15) is 17.5 Å². The monoisotopic (exact) mass is 232 g/mol. The van der Waals surface area contributed by atoms with Gasteiger partial charge in [-0.1, -0.05) is 29.8 Å². The maximum Gasteiger partial charge on any atom is 0.00193 e. The van der Waals surface area contributed by atoms with Gasteiger partial charge in [-0.2, -0.15) is 0 Å². The number of hydrogen-bond donors (Lipinski definition) is 1. The molecule has 0 bridgehead atoms. The first-order valence-corrected chi connectivity index (χ1v) is 6.69. The van der Waals surface area contributed by atoms with Crippen LogP contribution in [-0.4, -0.2) is 38.1 Å². The second-order valence-corrected chi connectivity index (χ2v) is 5.36. The summed E-state index contributed by atoms with van der Waals surface area (Å²) in [6.45, 7) is 6.95. The van der Waals surface area contributed by atoms with Crippen molar-refractivity contribution < 1.29 is 0 Å². The van der Waals surface area contributed by atoms with Crippen molar-refractivity contribution in [3.8, 4) is 0 Å². The summed E-state index contributed by atoms with van der Waals surface area (Å²) >= 11 is 0. The summed E-state index contributed by atoms with van der Waals surface area (Å²) in [6.07, 6.45) is 2.51. The molecule has 0 radical (unpaired) electrons. The molecule has 1 aliphatic rings. The lowest BCUT2D eigenvalue weighted by molar-refractivity contribution is 0.288. The van der Waals surface area contributed by atoms with Gasteiger partial charge < -0.3 is 10.2 Å². The van der Waals surface area contributed by atoms with E-state index in [1.807, 2.05) is 0 Å². The predicted molar refractivity (Wildman–Crippen MR) is 73.4 cm³/mol. The van der Waals surface area contributed by atoms with E-state index in [0.29, 0.717) is 0 Å². The van der Waals surface area contributed by atoms with Crippen LogP contribution in [-0.2, 0) is 6.42 Å². The molecule has 1 unspecified atom stereocenters. The molecule has 1 aromatic carbocycles. The Labute approximate surface area is 105 Å². The smallest absolute Gasteiger partial charge is 0.00193 e. The minimum absolute atomic E-state index is 0.859. The Balaban J connectivity index is 1.71. The molecule has 1 aliphatic heterocycles. The van der Waals surface area contributed by atoms with E-state index in [1.165, 1.54) is 43.7 Å². The molecule has 1 atom stereocenters. The van der Waals surface area contributed by atoms with Gasteiger partial charge >= 0.3 is 0 Å². The molecule has 1 aromatic rings. The Hall–Kier alpha value is -0.860. The molecule has 2 heteroatoms. The number of rotatable bonds is 5. The van der Waals surface area contributed by atoms with Crippen LogP contribution >= 0.6 is 0 Å². The van der Waals surface area contributed by atoms with Gasteiger partial charge in [-0.25, -0.2) is 0 Å². The van der Waals surface area contributed by atoms with Gasteiger partial charge in [0.05, 0.1) is 0 Å². The standard InChI is InChI=1S/C15H24N2/c1-13-3-5-14(6-4-13)8-10-17(2)12-15-7-9-16-11-15/h3-6,15-16H,7-12H2,1-2H3. The van der Waals surface area contributed by atoms with Gasteiger partial charge in [0.2, 0.25) is 0 Å². The van der Waals surface area contributed by atoms with Crippen molar-refractivity contribution in [2.24, 2.45) is 5.92 Å². The molecule has 2 rings (SSSR count). The van der Waals surface area contributed by atoms with Crippen LogP contribution in [0.15, 0.2) is 24.3 Å². The largest absolute Gasteiger partial charge is 0.316 e. The Morgan fingerprint density at radius 2 is 2.06 bits per heavy atom. The Morgan fingerprint density at radius 3 is 2.71 bits per heavy atom. The van der Waals surface area contributed by atoms with Gasteiger partial charge in [-0.15, -0.1) is 0 Å². The highest BCUT2D eigenvalue weighted by Gasteiger charge is 2.15. The van der Waals surface area contributed by atoms with Gasteiger partial charge in [0.15, 0.2) is 0 Å². The van der Waals surface area contributed by atoms with Crippen LogP contribution in [0.3, 0.4) is 0 Å². The van der Waals surface area contributed by atoms with Crippen LogP contribution in [0.4, 0.5) is 0 Å². The molecule has 0 aliphatic carbocycles. The topological polar surface area (TPSA) is 15.3 Å². The minimum Gasteiger partial charge on any atom is -0.316 e. The summed E-state index contributed by atoms with van der Waals surface area (Å²) in [5.74, 6) is 0.859. The van der Waals surface area contributed by atoms with Crippen molar-refractivity contribution in [1.29, 1.82) is 0 Å². The highest BCUT2D eigenvalue weighted by molar-refractivity contribution is 5.21. The van der Waals surface area contributed by atoms with Crippen molar-refractivity contribution in [3.05, 3.63) is 35.4 Å². The molecule has 0 amide bonds. The van der Waals surface area contributed by atoms with Crippen molar-refractivity contribution in [3.63, 3.8) is 0 Å². The molecule has 1 saturated heterocycles. The zero-order chi connectivity index (χ0) is 12.1. The minimum atomic E-state index is 0.859. The molecule has 94 valence electrons. The number of aryl methyl sites for hydroxylation is 1. The Kier molecular flexibility index (Phi) is 4.57. The molecule has 1 N–H and O–H groups in total. The van der Waals surface area contributed by atoms with Gasteiger partial charge in [-0.3, -0.25) is 0 Å². The zero-order valence-corrected chi connectivity index (χ0v) is 11.1. The van der Waals surface area contributed by atoms with Crippen molar-refractivity contribution in [2.45, 2.75) is 19.8 Å². The van der Waals surface area contributed by atoms with Gasteiger partial charge in [-0.05, 0) is 51.4 Å². The summed E-state index contributed by atoms with van der Waals surface area (Å²) < 4.78 is 0. The number of nitrogens with one attached hydrogen (secondary N) is 1. The van der Waals surface area contributed by atoms with Gasteiger partial charge in [0.1, 0.15) is 0 Å². The number of likely N-dealkylation sites (N-methyl/N-ethyl adjacent to an activating group) is 1. The van der Waals surface area contributed by atoms with E-state index in [-0.39, 0.29) is 0 Å². The lowest BCUT2D eigenvalue weighted by Gasteiger charge is -2.20. The quantitative estimate of drug-likeness (QED) is 0.836. The normalized spacial score (nSPS) is 20.1. The second kappa shape index (κ2) is 6.18. The van der Waals surface area contributed by atoms with Crippen LogP contribution in [0.25, 0.3) is 0 Å². The first-order valence-electron chi connectivity index (χ1n) is 6.69. The van der Waals surface area contributed by atoms with Crippen molar-refractivity contribution in [1.82, 2.24) is 10.2 Å². The van der Waals surface area contributed by atoms with Crippen LogP contribution in [0.2, 0.25) is 0 Å². The summed E-state index contributed by atoms with van der Waals surface area (Å²) in [6, 6.07) is 8.91.